The lowest BCUT2D eigenvalue weighted by molar-refractivity contribution is 0.114. The van der Waals surface area contributed by atoms with Gasteiger partial charge in [0.2, 0.25) is 0 Å². The maximum Gasteiger partial charge on any atom is 0.407 e. The van der Waals surface area contributed by atoms with Gasteiger partial charge in [-0.15, -0.1) is 0 Å². The minimum absolute atomic E-state index is 0.255. The van der Waals surface area contributed by atoms with Gasteiger partial charge in [0.1, 0.15) is 15.0 Å². The van der Waals surface area contributed by atoms with Gasteiger partial charge in [-0.2, -0.15) is 0 Å². The summed E-state index contributed by atoms with van der Waals surface area (Å²) < 4.78 is 8.45. The summed E-state index contributed by atoms with van der Waals surface area (Å²) in [5, 5.41) is 2.98. The first-order chi connectivity index (χ1) is 14.1. The van der Waals surface area contributed by atoms with Crippen molar-refractivity contribution in [2.75, 3.05) is 18.9 Å². The summed E-state index contributed by atoms with van der Waals surface area (Å²) in [6.45, 7) is 1.27. The molecule has 0 radical (unpaired) electrons. The summed E-state index contributed by atoms with van der Waals surface area (Å²) in [7, 11) is 0. The van der Waals surface area contributed by atoms with E-state index in [2.05, 4.69) is 37.3 Å². The predicted molar refractivity (Wildman–Crippen MR) is 121 cm³/mol. The number of fused-ring (bicyclic) bond motifs is 1. The fraction of sp³-hybridized carbons (Fsp3) is 0.667. The summed E-state index contributed by atoms with van der Waals surface area (Å²) in [6.07, 6.45) is 14.0. The van der Waals surface area contributed by atoms with E-state index in [4.69, 9.17) is 15.5 Å². The first-order valence-corrected chi connectivity index (χ1v) is 11.9. The molecule has 0 saturated heterocycles. The third-order valence-electron chi connectivity index (χ3n) is 6.49. The number of amides is 1. The molecule has 0 spiro atoms. The van der Waals surface area contributed by atoms with Gasteiger partial charge in [0.25, 0.3) is 0 Å². The molecular weight excluding hydrogens is 481 g/mol. The molecule has 7 nitrogen and oxygen atoms in total. The first-order valence-electron chi connectivity index (χ1n) is 10.8. The molecule has 4 rings (SSSR count). The van der Waals surface area contributed by atoms with E-state index < -0.39 is 0 Å². The van der Waals surface area contributed by atoms with Crippen molar-refractivity contribution in [3.63, 3.8) is 0 Å². The second kappa shape index (κ2) is 9.49. The van der Waals surface area contributed by atoms with Crippen molar-refractivity contribution >= 4 is 40.0 Å². The lowest BCUT2D eigenvalue weighted by atomic mass is 9.81. The van der Waals surface area contributed by atoms with Crippen molar-refractivity contribution in [1.29, 1.82) is 0 Å². The predicted octanol–water partition coefficient (Wildman–Crippen LogP) is 4.50. The van der Waals surface area contributed by atoms with Crippen molar-refractivity contribution < 1.29 is 9.53 Å². The van der Waals surface area contributed by atoms with Crippen LogP contribution in [-0.2, 0) is 4.74 Å². The normalized spacial score (nSPS) is 23.2. The van der Waals surface area contributed by atoms with Crippen molar-refractivity contribution in [1.82, 2.24) is 19.7 Å². The Hall–Kier alpha value is -1.58. The number of aromatic nitrogens is 3. The number of nitrogen functional groups attached to an aromatic ring is 1. The van der Waals surface area contributed by atoms with E-state index in [0.29, 0.717) is 36.7 Å². The quantitative estimate of drug-likeness (QED) is 0.577. The highest BCUT2D eigenvalue weighted by Gasteiger charge is 2.27. The summed E-state index contributed by atoms with van der Waals surface area (Å²) >= 11 is 2.24. The smallest absolute Gasteiger partial charge is 0.407 e. The van der Waals surface area contributed by atoms with E-state index in [0.717, 1.165) is 40.7 Å². The van der Waals surface area contributed by atoms with E-state index in [-0.39, 0.29) is 6.09 Å². The number of ether oxygens (including phenoxy) is 1. The van der Waals surface area contributed by atoms with E-state index in [1.165, 1.54) is 32.1 Å². The van der Waals surface area contributed by atoms with E-state index in [1.807, 2.05) is 6.20 Å². The number of hydrogen-bond acceptors (Lipinski definition) is 5. The molecule has 1 amide bonds. The molecule has 2 aliphatic carbocycles. The molecule has 8 heteroatoms. The summed E-state index contributed by atoms with van der Waals surface area (Å²) in [5.41, 5.74) is 6.94. The van der Waals surface area contributed by atoms with Crippen LogP contribution in [0.25, 0.3) is 5.52 Å². The van der Waals surface area contributed by atoms with Gasteiger partial charge in [-0.05, 0) is 73.0 Å². The molecule has 0 atom stereocenters. The highest BCUT2D eigenvalue weighted by molar-refractivity contribution is 14.1. The zero-order valence-corrected chi connectivity index (χ0v) is 18.9. The van der Waals surface area contributed by atoms with Gasteiger partial charge in [-0.3, -0.25) is 4.40 Å². The Labute approximate surface area is 185 Å². The maximum atomic E-state index is 12.0. The molecule has 158 valence electrons. The number of anilines is 1. The van der Waals surface area contributed by atoms with E-state index in [1.54, 1.807) is 6.20 Å². The highest BCUT2D eigenvalue weighted by Crippen LogP contribution is 2.36. The molecular formula is C21H30IN5O2. The van der Waals surface area contributed by atoms with Crippen LogP contribution in [0.1, 0.15) is 69.5 Å². The zero-order valence-electron chi connectivity index (χ0n) is 16.8. The molecule has 2 saturated carbocycles. The third kappa shape index (κ3) is 4.95. The lowest BCUT2D eigenvalue weighted by Gasteiger charge is -2.28. The molecule has 2 aromatic rings. The van der Waals surface area contributed by atoms with E-state index in [9.17, 15) is 4.79 Å². The second-order valence-corrected chi connectivity index (χ2v) is 9.51. The molecule has 2 fully saturated rings. The minimum atomic E-state index is -0.255. The zero-order chi connectivity index (χ0) is 20.2. The Bertz CT molecular complexity index is 841. The fourth-order valence-electron chi connectivity index (χ4n) is 4.78. The minimum Gasteiger partial charge on any atom is -0.449 e. The summed E-state index contributed by atoms with van der Waals surface area (Å²) in [6, 6.07) is 0. The Morgan fingerprint density at radius 3 is 2.69 bits per heavy atom. The van der Waals surface area contributed by atoms with Gasteiger partial charge in [0.15, 0.2) is 5.82 Å². The fourth-order valence-corrected chi connectivity index (χ4v) is 5.56. The van der Waals surface area contributed by atoms with Crippen LogP contribution in [0.5, 0.6) is 0 Å². The molecule has 29 heavy (non-hydrogen) atoms. The van der Waals surface area contributed by atoms with Crippen LogP contribution in [0.4, 0.5) is 10.6 Å². The van der Waals surface area contributed by atoms with Gasteiger partial charge >= 0.3 is 6.09 Å². The SMILES string of the molecule is Nc1nccn2c(C3CCC(CNC(=O)OCC4CCCCC4)CC3)nc(I)c12. The third-order valence-corrected chi connectivity index (χ3v) is 7.24. The van der Waals surface area contributed by atoms with Crippen LogP contribution < -0.4 is 11.1 Å². The van der Waals surface area contributed by atoms with Crippen LogP contribution in [0, 0.1) is 15.5 Å². The van der Waals surface area contributed by atoms with E-state index >= 15 is 0 Å². The van der Waals surface area contributed by atoms with Gasteiger partial charge < -0.3 is 15.8 Å². The Morgan fingerprint density at radius 1 is 1.17 bits per heavy atom. The van der Waals surface area contributed by atoms with Gasteiger partial charge in [-0.1, -0.05) is 19.3 Å². The number of carbonyl (C=O) groups is 1. The number of nitrogens with two attached hydrogens (primary N) is 1. The molecule has 2 heterocycles. The standard InChI is InChI=1S/C21H30IN5O2/c22-18-17-19(23)24-10-11-27(17)20(26-18)16-8-6-14(7-9-16)12-25-21(28)29-13-15-4-2-1-3-5-15/h10-11,14-16H,1-9,12-13H2,(H2,23,24)(H,25,28). The molecule has 0 aromatic carbocycles. The van der Waals surface area contributed by atoms with Gasteiger partial charge in [0.05, 0.1) is 6.61 Å². The van der Waals surface area contributed by atoms with Crippen LogP contribution in [-0.4, -0.2) is 33.6 Å². The average molecular weight is 511 g/mol. The lowest BCUT2D eigenvalue weighted by Crippen LogP contribution is -2.32. The summed E-state index contributed by atoms with van der Waals surface area (Å²) in [5.74, 6) is 3.09. The number of carbonyl (C=O) groups excluding carboxylic acids is 1. The van der Waals surface area contributed by atoms with Crippen molar-refractivity contribution in [2.45, 2.75) is 63.7 Å². The molecule has 2 aromatic heterocycles. The number of nitrogens with zero attached hydrogens (tertiary/aromatic N) is 3. The average Bonchev–Trinajstić information content (AvgIpc) is 3.09. The van der Waals surface area contributed by atoms with Crippen LogP contribution in [0.15, 0.2) is 12.4 Å². The molecule has 0 unspecified atom stereocenters. The number of rotatable bonds is 5. The number of hydrogen-bond donors (Lipinski definition) is 2. The van der Waals surface area contributed by atoms with Gasteiger partial charge in [-0.25, -0.2) is 14.8 Å². The topological polar surface area (TPSA) is 94.5 Å². The largest absolute Gasteiger partial charge is 0.449 e. The molecule has 0 aliphatic heterocycles. The van der Waals surface area contributed by atoms with Crippen molar-refractivity contribution in [3.05, 3.63) is 21.9 Å². The summed E-state index contributed by atoms with van der Waals surface area (Å²) in [4.78, 5) is 21.0. The van der Waals surface area contributed by atoms with Crippen molar-refractivity contribution in [3.8, 4) is 0 Å². The number of halogens is 1. The molecule has 2 aliphatic rings. The maximum absolute atomic E-state index is 12.0. The first kappa shape index (κ1) is 20.7. The number of nitrogens with one attached hydrogen (secondary N) is 1. The Morgan fingerprint density at radius 2 is 1.93 bits per heavy atom. The van der Waals surface area contributed by atoms with Crippen LogP contribution >= 0.6 is 22.6 Å². The van der Waals surface area contributed by atoms with Crippen LogP contribution in [0.3, 0.4) is 0 Å². The van der Waals surface area contributed by atoms with Gasteiger partial charge in [0, 0.05) is 24.9 Å². The monoisotopic (exact) mass is 511 g/mol. The number of imidazole rings is 1. The second-order valence-electron chi connectivity index (χ2n) is 8.49. The van der Waals surface area contributed by atoms with Crippen LogP contribution in [0.2, 0.25) is 0 Å². The Balaban J connectivity index is 1.24. The van der Waals surface area contributed by atoms with Crippen molar-refractivity contribution in [2.24, 2.45) is 11.8 Å². The Kier molecular flexibility index (Phi) is 6.77. The molecule has 3 N–H and O–H groups in total. The highest BCUT2D eigenvalue weighted by atomic mass is 127. The number of alkyl carbamates (subject to hydrolysis) is 1. The molecule has 0 bridgehead atoms.